The molecule has 0 aliphatic rings. The Morgan fingerprint density at radius 2 is 1.75 bits per heavy atom. The van der Waals surface area contributed by atoms with Gasteiger partial charge in [0.2, 0.25) is 0 Å². The van der Waals surface area contributed by atoms with E-state index in [-0.39, 0.29) is 5.92 Å². The molecule has 0 aliphatic carbocycles. The first-order valence-corrected chi connectivity index (χ1v) is 6.52. The van der Waals surface area contributed by atoms with Crippen molar-refractivity contribution in [2.24, 2.45) is 5.92 Å². The number of amides is 1. The number of hydrogen-bond acceptors (Lipinski definition) is 3. The second-order valence-electron chi connectivity index (χ2n) is 5.46. The van der Waals surface area contributed by atoms with Gasteiger partial charge in [0.25, 0.3) is 5.91 Å². The Balaban J connectivity index is 2.76. The lowest BCUT2D eigenvalue weighted by Gasteiger charge is -2.28. The zero-order valence-electron chi connectivity index (χ0n) is 12.2. The maximum atomic E-state index is 12.2. The number of ether oxygens (including phenoxy) is 1. The molecule has 1 unspecified atom stereocenters. The molecule has 110 valence electrons. The number of hydrogen-bond donors (Lipinski definition) is 2. The predicted molar refractivity (Wildman–Crippen MR) is 75.6 cm³/mol. The van der Waals surface area contributed by atoms with Crippen molar-refractivity contribution < 1.29 is 19.4 Å². The van der Waals surface area contributed by atoms with Crippen LogP contribution in [0.15, 0.2) is 30.3 Å². The van der Waals surface area contributed by atoms with Crippen LogP contribution in [0.25, 0.3) is 0 Å². The van der Waals surface area contributed by atoms with Crippen molar-refractivity contribution in [1.29, 1.82) is 0 Å². The molecule has 0 heterocycles. The fourth-order valence-corrected chi connectivity index (χ4v) is 1.66. The van der Waals surface area contributed by atoms with E-state index in [1.54, 1.807) is 52.0 Å². The van der Waals surface area contributed by atoms with Gasteiger partial charge in [0.15, 0.2) is 5.60 Å². The van der Waals surface area contributed by atoms with E-state index in [4.69, 9.17) is 9.84 Å². The van der Waals surface area contributed by atoms with Crippen LogP contribution in [0, 0.1) is 5.92 Å². The minimum Gasteiger partial charge on any atom is -0.480 e. The van der Waals surface area contributed by atoms with Gasteiger partial charge >= 0.3 is 5.97 Å². The molecule has 0 aromatic heterocycles. The molecular weight excluding hydrogens is 258 g/mol. The van der Waals surface area contributed by atoms with Gasteiger partial charge in [-0.05, 0) is 31.9 Å². The monoisotopic (exact) mass is 279 g/mol. The van der Waals surface area contributed by atoms with Gasteiger partial charge in [-0.25, -0.2) is 4.79 Å². The summed E-state index contributed by atoms with van der Waals surface area (Å²) in [4.78, 5) is 23.3. The van der Waals surface area contributed by atoms with Crippen molar-refractivity contribution in [2.45, 2.75) is 39.3 Å². The van der Waals surface area contributed by atoms with Crippen molar-refractivity contribution in [2.75, 3.05) is 0 Å². The summed E-state index contributed by atoms with van der Waals surface area (Å²) in [5.74, 6) is -1.15. The predicted octanol–water partition coefficient (Wildman–Crippen LogP) is 2.07. The Morgan fingerprint density at radius 3 is 2.20 bits per heavy atom. The Morgan fingerprint density at radius 1 is 1.20 bits per heavy atom. The molecular formula is C15H21NO4. The van der Waals surface area contributed by atoms with Crippen LogP contribution in [0.2, 0.25) is 0 Å². The largest absolute Gasteiger partial charge is 0.480 e. The lowest BCUT2D eigenvalue weighted by atomic mass is 10.0. The van der Waals surface area contributed by atoms with E-state index in [2.05, 4.69) is 5.32 Å². The molecule has 0 aliphatic heterocycles. The van der Waals surface area contributed by atoms with Crippen molar-refractivity contribution in [3.05, 3.63) is 30.3 Å². The molecule has 0 bridgehead atoms. The molecule has 0 fully saturated rings. The second-order valence-corrected chi connectivity index (χ2v) is 5.46. The SMILES string of the molecule is CC(C)C(NC(=O)C(C)(C)Oc1ccccc1)C(=O)O. The minimum atomic E-state index is -1.15. The third-order valence-electron chi connectivity index (χ3n) is 2.88. The van der Waals surface area contributed by atoms with Gasteiger partial charge < -0.3 is 15.2 Å². The number of carboxylic acid groups (broad SMARTS) is 1. The number of carbonyl (C=O) groups excluding carboxylic acids is 1. The van der Waals surface area contributed by atoms with Crippen molar-refractivity contribution in [3.63, 3.8) is 0 Å². The number of para-hydroxylation sites is 1. The van der Waals surface area contributed by atoms with E-state index in [1.807, 2.05) is 6.07 Å². The first kappa shape index (κ1) is 16.0. The summed E-state index contributed by atoms with van der Waals surface area (Å²) in [6.45, 7) is 6.69. The molecule has 1 amide bonds. The van der Waals surface area contributed by atoms with E-state index < -0.39 is 23.5 Å². The number of rotatable bonds is 6. The molecule has 20 heavy (non-hydrogen) atoms. The highest BCUT2D eigenvalue weighted by atomic mass is 16.5. The van der Waals surface area contributed by atoms with Crippen LogP contribution < -0.4 is 10.1 Å². The fraction of sp³-hybridized carbons (Fsp3) is 0.467. The van der Waals surface area contributed by atoms with Crippen molar-refractivity contribution in [3.8, 4) is 5.75 Å². The lowest BCUT2D eigenvalue weighted by molar-refractivity contribution is -0.146. The van der Waals surface area contributed by atoms with E-state index in [1.165, 1.54) is 0 Å². The van der Waals surface area contributed by atoms with E-state index >= 15 is 0 Å². The summed E-state index contributed by atoms with van der Waals surface area (Å²) in [6, 6.07) is 8.01. The number of aliphatic carboxylic acids is 1. The maximum absolute atomic E-state index is 12.2. The van der Waals surface area contributed by atoms with Crippen LogP contribution in [-0.2, 0) is 9.59 Å². The zero-order valence-corrected chi connectivity index (χ0v) is 12.2. The number of benzene rings is 1. The quantitative estimate of drug-likeness (QED) is 0.836. The molecule has 2 N–H and O–H groups in total. The molecule has 1 aromatic rings. The molecule has 1 atom stereocenters. The summed E-state index contributed by atoms with van der Waals surface area (Å²) in [5.41, 5.74) is -1.15. The Hall–Kier alpha value is -2.04. The van der Waals surface area contributed by atoms with E-state index in [0.717, 1.165) is 0 Å². The average Bonchev–Trinajstić information content (AvgIpc) is 2.35. The highest BCUT2D eigenvalue weighted by molar-refractivity contribution is 5.89. The van der Waals surface area contributed by atoms with Crippen molar-refractivity contribution in [1.82, 2.24) is 5.32 Å². The summed E-state index contributed by atoms with van der Waals surface area (Å²) in [5, 5.41) is 11.6. The highest BCUT2D eigenvalue weighted by Gasteiger charge is 2.34. The standard InChI is InChI=1S/C15H21NO4/c1-10(2)12(13(17)18)16-14(19)15(3,4)20-11-8-6-5-7-9-11/h5-10,12H,1-4H3,(H,16,19)(H,17,18). The zero-order chi connectivity index (χ0) is 15.3. The summed E-state index contributed by atoms with van der Waals surface area (Å²) >= 11 is 0. The second kappa shape index (κ2) is 6.41. The summed E-state index contributed by atoms with van der Waals surface area (Å²) in [7, 11) is 0. The van der Waals surface area contributed by atoms with Gasteiger partial charge in [-0.3, -0.25) is 4.79 Å². The third kappa shape index (κ3) is 4.26. The van der Waals surface area contributed by atoms with Crippen molar-refractivity contribution >= 4 is 11.9 Å². The molecule has 0 radical (unpaired) electrons. The number of nitrogens with one attached hydrogen (secondary N) is 1. The van der Waals surface area contributed by atoms with Gasteiger partial charge in [-0.2, -0.15) is 0 Å². The Labute approximate surface area is 118 Å². The fourth-order valence-electron chi connectivity index (χ4n) is 1.66. The van der Waals surface area contributed by atoms with Crippen LogP contribution in [0.3, 0.4) is 0 Å². The smallest absolute Gasteiger partial charge is 0.326 e. The van der Waals surface area contributed by atoms with E-state index in [0.29, 0.717) is 5.75 Å². The molecule has 1 aromatic carbocycles. The van der Waals surface area contributed by atoms with Gasteiger partial charge in [0.05, 0.1) is 0 Å². The minimum absolute atomic E-state index is 0.205. The van der Waals surface area contributed by atoms with Crippen LogP contribution >= 0.6 is 0 Å². The normalized spacial score (nSPS) is 12.8. The molecule has 0 saturated heterocycles. The molecule has 1 rings (SSSR count). The first-order chi connectivity index (χ1) is 9.24. The van der Waals surface area contributed by atoms with Gasteiger partial charge in [0, 0.05) is 0 Å². The topological polar surface area (TPSA) is 75.6 Å². The van der Waals surface area contributed by atoms with E-state index in [9.17, 15) is 9.59 Å². The maximum Gasteiger partial charge on any atom is 0.326 e. The van der Waals surface area contributed by atoms with Crippen LogP contribution in [0.1, 0.15) is 27.7 Å². The van der Waals surface area contributed by atoms with Gasteiger partial charge in [-0.15, -0.1) is 0 Å². The average molecular weight is 279 g/mol. The Kier molecular flexibility index (Phi) is 5.13. The molecule has 5 heteroatoms. The third-order valence-corrected chi connectivity index (χ3v) is 2.88. The molecule has 5 nitrogen and oxygen atoms in total. The lowest BCUT2D eigenvalue weighted by Crippen LogP contribution is -2.53. The number of carbonyl (C=O) groups is 2. The summed E-state index contributed by atoms with van der Waals surface area (Å²) < 4.78 is 5.62. The van der Waals surface area contributed by atoms with Crippen LogP contribution in [-0.4, -0.2) is 28.6 Å². The molecule has 0 saturated carbocycles. The highest BCUT2D eigenvalue weighted by Crippen LogP contribution is 2.18. The number of carboxylic acids is 1. The van der Waals surface area contributed by atoms with Gasteiger partial charge in [0.1, 0.15) is 11.8 Å². The van der Waals surface area contributed by atoms with Gasteiger partial charge in [-0.1, -0.05) is 32.0 Å². The molecule has 0 spiro atoms. The first-order valence-electron chi connectivity index (χ1n) is 6.52. The summed E-state index contributed by atoms with van der Waals surface area (Å²) in [6.07, 6.45) is 0. The van der Waals surface area contributed by atoms with Crippen LogP contribution in [0.5, 0.6) is 5.75 Å². The Bertz CT molecular complexity index is 468. The van der Waals surface area contributed by atoms with Crippen LogP contribution in [0.4, 0.5) is 0 Å².